The van der Waals surface area contributed by atoms with Gasteiger partial charge in [0.05, 0.1) is 28.8 Å². The van der Waals surface area contributed by atoms with Gasteiger partial charge in [-0.15, -0.1) is 0 Å². The van der Waals surface area contributed by atoms with E-state index in [4.69, 9.17) is 11.6 Å². The van der Waals surface area contributed by atoms with Crippen LogP contribution in [0.5, 0.6) is 0 Å². The zero-order valence-electron chi connectivity index (χ0n) is 8.40. The number of nitrogens with zero attached hydrogens (tertiary/aromatic N) is 4. The predicted octanol–water partition coefficient (Wildman–Crippen LogP) is 1.92. The van der Waals surface area contributed by atoms with Crippen molar-refractivity contribution >= 4 is 23.2 Å². The molecule has 6 heteroatoms. The molecule has 0 aliphatic heterocycles. The molecular formula is C9H10ClN5. The van der Waals surface area contributed by atoms with Crippen molar-refractivity contribution in [3.63, 3.8) is 0 Å². The third-order valence-electron chi connectivity index (χ3n) is 1.88. The van der Waals surface area contributed by atoms with E-state index in [9.17, 15) is 0 Å². The minimum Gasteiger partial charge on any atom is -0.321 e. The van der Waals surface area contributed by atoms with E-state index < -0.39 is 0 Å². The maximum atomic E-state index is 5.68. The Morgan fingerprint density at radius 1 is 1.33 bits per heavy atom. The Morgan fingerprint density at radius 2 is 2.00 bits per heavy atom. The fourth-order valence-corrected chi connectivity index (χ4v) is 1.32. The normalized spacial score (nSPS) is 10.3. The average molecular weight is 224 g/mol. The summed E-state index contributed by atoms with van der Waals surface area (Å²) < 4.78 is 1.73. The molecule has 15 heavy (non-hydrogen) atoms. The smallest absolute Gasteiger partial charge is 0.227 e. The van der Waals surface area contributed by atoms with E-state index in [1.165, 1.54) is 0 Å². The topological polar surface area (TPSA) is 55.6 Å². The molecule has 2 aromatic rings. The van der Waals surface area contributed by atoms with E-state index in [1.807, 2.05) is 20.2 Å². The van der Waals surface area contributed by atoms with Crippen LogP contribution in [-0.2, 0) is 7.05 Å². The first-order valence-electron chi connectivity index (χ1n) is 4.40. The Morgan fingerprint density at radius 3 is 2.53 bits per heavy atom. The first-order chi connectivity index (χ1) is 7.15. The molecule has 0 saturated heterocycles. The largest absolute Gasteiger partial charge is 0.321 e. The Bertz CT molecular complexity index is 462. The van der Waals surface area contributed by atoms with Gasteiger partial charge in [-0.3, -0.25) is 4.68 Å². The van der Waals surface area contributed by atoms with Crippen LogP contribution >= 0.6 is 11.6 Å². The SMILES string of the molecule is Cc1nn(C)cc1Nc1ncc(Cl)cn1. The van der Waals surface area contributed by atoms with Gasteiger partial charge in [0, 0.05) is 13.2 Å². The number of hydrogen-bond donors (Lipinski definition) is 1. The van der Waals surface area contributed by atoms with E-state index in [2.05, 4.69) is 20.4 Å². The number of aryl methyl sites for hydroxylation is 2. The van der Waals surface area contributed by atoms with E-state index >= 15 is 0 Å². The van der Waals surface area contributed by atoms with Gasteiger partial charge in [-0.05, 0) is 6.92 Å². The van der Waals surface area contributed by atoms with Crippen LogP contribution < -0.4 is 5.32 Å². The average Bonchev–Trinajstić information content (AvgIpc) is 2.49. The quantitative estimate of drug-likeness (QED) is 0.845. The first-order valence-corrected chi connectivity index (χ1v) is 4.78. The monoisotopic (exact) mass is 223 g/mol. The molecule has 2 aromatic heterocycles. The summed E-state index contributed by atoms with van der Waals surface area (Å²) in [7, 11) is 1.86. The van der Waals surface area contributed by atoms with Crippen LogP contribution in [-0.4, -0.2) is 19.7 Å². The molecule has 2 rings (SSSR count). The highest BCUT2D eigenvalue weighted by molar-refractivity contribution is 6.30. The molecule has 0 aliphatic carbocycles. The molecular weight excluding hydrogens is 214 g/mol. The van der Waals surface area contributed by atoms with Crippen molar-refractivity contribution in [2.24, 2.45) is 7.05 Å². The van der Waals surface area contributed by atoms with Crippen LogP contribution in [0.2, 0.25) is 5.02 Å². The van der Waals surface area contributed by atoms with Gasteiger partial charge in [-0.25, -0.2) is 9.97 Å². The first kappa shape index (κ1) is 9.92. The Hall–Kier alpha value is -1.62. The van der Waals surface area contributed by atoms with Gasteiger partial charge in [0.2, 0.25) is 5.95 Å². The van der Waals surface area contributed by atoms with Crippen LogP contribution in [0.15, 0.2) is 18.6 Å². The minimum atomic E-state index is 0.510. The summed E-state index contributed by atoms with van der Waals surface area (Å²) in [6.45, 7) is 1.91. The number of hydrogen-bond acceptors (Lipinski definition) is 4. The van der Waals surface area contributed by atoms with Crippen molar-refractivity contribution in [3.05, 3.63) is 29.3 Å². The van der Waals surface area contributed by atoms with E-state index in [1.54, 1.807) is 17.1 Å². The molecule has 0 aliphatic rings. The Labute approximate surface area is 92.1 Å². The highest BCUT2D eigenvalue weighted by Gasteiger charge is 2.04. The zero-order valence-corrected chi connectivity index (χ0v) is 9.15. The molecule has 0 saturated carbocycles. The lowest BCUT2D eigenvalue weighted by Crippen LogP contribution is -1.96. The molecule has 0 bridgehead atoms. The standard InChI is InChI=1S/C9H10ClN5/c1-6-8(5-15(2)14-6)13-9-11-3-7(10)4-12-9/h3-5H,1-2H3,(H,11,12,13). The number of nitrogens with one attached hydrogen (secondary N) is 1. The molecule has 0 amide bonds. The highest BCUT2D eigenvalue weighted by Crippen LogP contribution is 2.16. The van der Waals surface area contributed by atoms with E-state index in [0.29, 0.717) is 11.0 Å². The summed E-state index contributed by atoms with van der Waals surface area (Å²) in [5, 5.41) is 7.77. The molecule has 0 aromatic carbocycles. The second kappa shape index (κ2) is 3.86. The van der Waals surface area contributed by atoms with Gasteiger partial charge < -0.3 is 5.32 Å². The third-order valence-corrected chi connectivity index (χ3v) is 2.08. The molecule has 5 nitrogen and oxygen atoms in total. The maximum absolute atomic E-state index is 5.68. The molecule has 0 atom stereocenters. The van der Waals surface area contributed by atoms with Gasteiger partial charge >= 0.3 is 0 Å². The molecule has 2 heterocycles. The number of halogens is 1. The predicted molar refractivity (Wildman–Crippen MR) is 58.3 cm³/mol. The van der Waals surface area contributed by atoms with Crippen molar-refractivity contribution in [1.82, 2.24) is 19.7 Å². The van der Waals surface area contributed by atoms with Crippen molar-refractivity contribution in [1.29, 1.82) is 0 Å². The zero-order chi connectivity index (χ0) is 10.8. The molecule has 78 valence electrons. The number of rotatable bonds is 2. The molecule has 0 spiro atoms. The third kappa shape index (κ3) is 2.24. The highest BCUT2D eigenvalue weighted by atomic mass is 35.5. The fraction of sp³-hybridized carbons (Fsp3) is 0.222. The summed E-state index contributed by atoms with van der Waals surface area (Å²) in [6.07, 6.45) is 4.96. The van der Waals surface area contributed by atoms with Crippen LogP contribution in [0.4, 0.5) is 11.6 Å². The summed E-state index contributed by atoms with van der Waals surface area (Å²) in [5.74, 6) is 0.510. The van der Waals surface area contributed by atoms with Gasteiger partial charge in [-0.1, -0.05) is 11.6 Å². The van der Waals surface area contributed by atoms with E-state index in [-0.39, 0.29) is 0 Å². The van der Waals surface area contributed by atoms with Crippen molar-refractivity contribution in [2.45, 2.75) is 6.92 Å². The summed E-state index contributed by atoms with van der Waals surface area (Å²) in [6, 6.07) is 0. The van der Waals surface area contributed by atoms with Gasteiger partial charge in [-0.2, -0.15) is 5.10 Å². The van der Waals surface area contributed by atoms with Crippen molar-refractivity contribution in [2.75, 3.05) is 5.32 Å². The van der Waals surface area contributed by atoms with Crippen LogP contribution in [0, 0.1) is 6.92 Å². The fourth-order valence-electron chi connectivity index (χ4n) is 1.22. The van der Waals surface area contributed by atoms with Gasteiger partial charge in [0.15, 0.2) is 0 Å². The lowest BCUT2D eigenvalue weighted by molar-refractivity contribution is 0.756. The lowest BCUT2D eigenvalue weighted by atomic mass is 10.4. The summed E-state index contributed by atoms with van der Waals surface area (Å²) in [4.78, 5) is 8.07. The van der Waals surface area contributed by atoms with E-state index in [0.717, 1.165) is 11.4 Å². The second-order valence-electron chi connectivity index (χ2n) is 3.15. The van der Waals surface area contributed by atoms with Crippen LogP contribution in [0.1, 0.15) is 5.69 Å². The number of aromatic nitrogens is 4. The van der Waals surface area contributed by atoms with Crippen molar-refractivity contribution in [3.8, 4) is 0 Å². The van der Waals surface area contributed by atoms with Crippen molar-refractivity contribution < 1.29 is 0 Å². The van der Waals surface area contributed by atoms with Gasteiger partial charge in [0.25, 0.3) is 0 Å². The molecule has 0 radical (unpaired) electrons. The maximum Gasteiger partial charge on any atom is 0.227 e. The van der Waals surface area contributed by atoms with Crippen LogP contribution in [0.3, 0.4) is 0 Å². The number of anilines is 2. The second-order valence-corrected chi connectivity index (χ2v) is 3.59. The van der Waals surface area contributed by atoms with Crippen LogP contribution in [0.25, 0.3) is 0 Å². The minimum absolute atomic E-state index is 0.510. The lowest BCUT2D eigenvalue weighted by Gasteiger charge is -2.01. The summed E-state index contributed by atoms with van der Waals surface area (Å²) in [5.41, 5.74) is 1.79. The molecule has 0 fully saturated rings. The molecule has 0 unspecified atom stereocenters. The van der Waals surface area contributed by atoms with Gasteiger partial charge in [0.1, 0.15) is 0 Å². The molecule has 1 N–H and O–H groups in total. The summed E-state index contributed by atoms with van der Waals surface area (Å²) >= 11 is 5.68. The Balaban J connectivity index is 2.21. The Kier molecular flexibility index (Phi) is 2.55.